The molecule has 1 aromatic carbocycles. The van der Waals surface area contributed by atoms with Crippen molar-refractivity contribution in [2.45, 2.75) is 25.2 Å². The Bertz CT molecular complexity index is 387. The normalized spacial score (nSPS) is 11.5. The Hall–Kier alpha value is -1.00. The molecule has 0 fully saturated rings. The molecule has 18 heavy (non-hydrogen) atoms. The van der Waals surface area contributed by atoms with E-state index in [-0.39, 0.29) is 0 Å². The summed E-state index contributed by atoms with van der Waals surface area (Å²) in [7, 11) is 0. The molecule has 1 rings (SSSR count). The SMILES string of the molecule is CSc1ccc(CCNCC(C)(C)C(=O)O)cc1. The van der Waals surface area contributed by atoms with E-state index in [1.165, 1.54) is 10.5 Å². The van der Waals surface area contributed by atoms with Gasteiger partial charge in [-0.05, 0) is 50.8 Å². The molecule has 0 aliphatic heterocycles. The van der Waals surface area contributed by atoms with Crippen LogP contribution in [0.15, 0.2) is 29.2 Å². The summed E-state index contributed by atoms with van der Waals surface area (Å²) in [4.78, 5) is 12.2. The molecule has 0 aliphatic rings. The summed E-state index contributed by atoms with van der Waals surface area (Å²) in [6, 6.07) is 8.47. The number of hydrogen-bond acceptors (Lipinski definition) is 3. The molecule has 1 aromatic rings. The number of benzene rings is 1. The molecule has 0 bridgehead atoms. The van der Waals surface area contributed by atoms with Gasteiger partial charge in [-0.15, -0.1) is 11.8 Å². The van der Waals surface area contributed by atoms with E-state index in [9.17, 15) is 4.79 Å². The fraction of sp³-hybridized carbons (Fsp3) is 0.500. The summed E-state index contributed by atoms with van der Waals surface area (Å²) in [6.45, 7) is 4.76. The first-order valence-corrected chi connectivity index (χ1v) is 7.25. The van der Waals surface area contributed by atoms with Crippen molar-refractivity contribution in [2.75, 3.05) is 19.3 Å². The Morgan fingerprint density at radius 2 is 1.94 bits per heavy atom. The second-order valence-electron chi connectivity index (χ2n) is 4.96. The Balaban J connectivity index is 2.31. The Morgan fingerprint density at radius 3 is 2.44 bits per heavy atom. The summed E-state index contributed by atoms with van der Waals surface area (Å²) in [5.41, 5.74) is 0.566. The van der Waals surface area contributed by atoms with Crippen LogP contribution < -0.4 is 5.32 Å². The van der Waals surface area contributed by atoms with Crippen LogP contribution in [-0.4, -0.2) is 30.4 Å². The number of nitrogens with one attached hydrogen (secondary N) is 1. The molecule has 0 amide bonds. The van der Waals surface area contributed by atoms with Crippen molar-refractivity contribution < 1.29 is 9.90 Å². The molecule has 4 heteroatoms. The zero-order chi connectivity index (χ0) is 13.6. The zero-order valence-corrected chi connectivity index (χ0v) is 12.0. The van der Waals surface area contributed by atoms with E-state index in [1.54, 1.807) is 25.6 Å². The van der Waals surface area contributed by atoms with E-state index in [2.05, 4.69) is 35.8 Å². The zero-order valence-electron chi connectivity index (χ0n) is 11.2. The highest BCUT2D eigenvalue weighted by atomic mass is 32.2. The number of carboxylic acid groups (broad SMARTS) is 1. The van der Waals surface area contributed by atoms with Gasteiger partial charge in [-0.25, -0.2) is 0 Å². The van der Waals surface area contributed by atoms with Crippen molar-refractivity contribution >= 4 is 17.7 Å². The molecule has 100 valence electrons. The smallest absolute Gasteiger partial charge is 0.310 e. The van der Waals surface area contributed by atoms with Crippen molar-refractivity contribution in [3.8, 4) is 0 Å². The molecule has 0 aliphatic carbocycles. The first-order chi connectivity index (χ1) is 8.45. The lowest BCUT2D eigenvalue weighted by atomic mass is 9.94. The third-order valence-corrected chi connectivity index (χ3v) is 3.64. The highest BCUT2D eigenvalue weighted by molar-refractivity contribution is 7.98. The van der Waals surface area contributed by atoms with E-state index in [1.807, 2.05) is 0 Å². The van der Waals surface area contributed by atoms with Gasteiger partial charge >= 0.3 is 5.97 Å². The summed E-state index contributed by atoms with van der Waals surface area (Å²) < 4.78 is 0. The fourth-order valence-corrected chi connectivity index (χ4v) is 1.91. The molecule has 0 saturated carbocycles. The lowest BCUT2D eigenvalue weighted by Crippen LogP contribution is -2.36. The Morgan fingerprint density at radius 1 is 1.33 bits per heavy atom. The third kappa shape index (κ3) is 4.70. The number of thioether (sulfide) groups is 1. The highest BCUT2D eigenvalue weighted by Crippen LogP contribution is 2.15. The highest BCUT2D eigenvalue weighted by Gasteiger charge is 2.26. The summed E-state index contributed by atoms with van der Waals surface area (Å²) in [5.74, 6) is -0.765. The van der Waals surface area contributed by atoms with Crippen LogP contribution in [0.2, 0.25) is 0 Å². The predicted molar refractivity (Wildman–Crippen MR) is 76.2 cm³/mol. The van der Waals surface area contributed by atoms with Crippen molar-refractivity contribution in [1.82, 2.24) is 5.32 Å². The number of carbonyl (C=O) groups is 1. The van der Waals surface area contributed by atoms with Crippen LogP contribution in [0.25, 0.3) is 0 Å². The van der Waals surface area contributed by atoms with Crippen LogP contribution in [0.3, 0.4) is 0 Å². The van der Waals surface area contributed by atoms with Gasteiger partial charge in [0.2, 0.25) is 0 Å². The first kappa shape index (κ1) is 15.1. The average Bonchev–Trinajstić information content (AvgIpc) is 2.35. The lowest BCUT2D eigenvalue weighted by molar-refractivity contribution is -0.146. The van der Waals surface area contributed by atoms with Crippen molar-refractivity contribution in [3.05, 3.63) is 29.8 Å². The van der Waals surface area contributed by atoms with Gasteiger partial charge in [0.15, 0.2) is 0 Å². The molecular weight excluding hydrogens is 246 g/mol. The minimum absolute atomic E-state index is 0.491. The quantitative estimate of drug-likeness (QED) is 0.589. The molecule has 0 heterocycles. The molecule has 0 saturated heterocycles. The van der Waals surface area contributed by atoms with Crippen LogP contribution in [0.1, 0.15) is 19.4 Å². The van der Waals surface area contributed by atoms with E-state index < -0.39 is 11.4 Å². The second kappa shape index (κ2) is 6.81. The molecule has 0 radical (unpaired) electrons. The maximum atomic E-state index is 10.9. The maximum absolute atomic E-state index is 10.9. The average molecular weight is 267 g/mol. The van der Waals surface area contributed by atoms with Gasteiger partial charge in [0, 0.05) is 11.4 Å². The van der Waals surface area contributed by atoms with Crippen LogP contribution in [0.5, 0.6) is 0 Å². The molecular formula is C14H21NO2S. The van der Waals surface area contributed by atoms with Crippen molar-refractivity contribution in [2.24, 2.45) is 5.41 Å². The summed E-state index contributed by atoms with van der Waals surface area (Å²) in [5, 5.41) is 12.2. The standard InChI is InChI=1S/C14H21NO2S/c1-14(2,13(16)17)10-15-9-8-11-4-6-12(18-3)7-5-11/h4-7,15H,8-10H2,1-3H3,(H,16,17). The van der Waals surface area contributed by atoms with Gasteiger partial charge in [-0.3, -0.25) is 4.79 Å². The van der Waals surface area contributed by atoms with Gasteiger partial charge in [0.25, 0.3) is 0 Å². The van der Waals surface area contributed by atoms with Crippen LogP contribution in [0.4, 0.5) is 0 Å². The topological polar surface area (TPSA) is 49.3 Å². The van der Waals surface area contributed by atoms with Gasteiger partial charge in [-0.2, -0.15) is 0 Å². The largest absolute Gasteiger partial charge is 0.481 e. The van der Waals surface area contributed by atoms with Crippen LogP contribution in [-0.2, 0) is 11.2 Å². The summed E-state index contributed by atoms with van der Waals surface area (Å²) >= 11 is 1.73. The summed E-state index contributed by atoms with van der Waals surface area (Å²) in [6.07, 6.45) is 2.98. The molecule has 0 unspecified atom stereocenters. The maximum Gasteiger partial charge on any atom is 0.310 e. The minimum atomic E-state index is -0.765. The van der Waals surface area contributed by atoms with Gasteiger partial charge in [-0.1, -0.05) is 12.1 Å². The number of hydrogen-bond donors (Lipinski definition) is 2. The molecule has 0 aromatic heterocycles. The van der Waals surface area contributed by atoms with Gasteiger partial charge in [0.05, 0.1) is 5.41 Å². The van der Waals surface area contributed by atoms with Crippen LogP contribution >= 0.6 is 11.8 Å². The molecule has 0 spiro atoms. The van der Waals surface area contributed by atoms with E-state index in [0.29, 0.717) is 6.54 Å². The monoisotopic (exact) mass is 267 g/mol. The Kier molecular flexibility index (Phi) is 5.69. The number of aliphatic carboxylic acids is 1. The molecule has 2 N–H and O–H groups in total. The fourth-order valence-electron chi connectivity index (χ4n) is 1.50. The number of rotatable bonds is 7. The van der Waals surface area contributed by atoms with E-state index >= 15 is 0 Å². The van der Waals surface area contributed by atoms with Crippen molar-refractivity contribution in [1.29, 1.82) is 0 Å². The van der Waals surface area contributed by atoms with Crippen molar-refractivity contribution in [3.63, 3.8) is 0 Å². The first-order valence-electron chi connectivity index (χ1n) is 6.03. The number of carboxylic acids is 1. The minimum Gasteiger partial charge on any atom is -0.481 e. The van der Waals surface area contributed by atoms with Gasteiger partial charge < -0.3 is 10.4 Å². The van der Waals surface area contributed by atoms with E-state index in [0.717, 1.165) is 13.0 Å². The Labute approximate surface area is 113 Å². The molecule has 3 nitrogen and oxygen atoms in total. The third-order valence-electron chi connectivity index (χ3n) is 2.90. The van der Waals surface area contributed by atoms with Gasteiger partial charge in [0.1, 0.15) is 0 Å². The second-order valence-corrected chi connectivity index (χ2v) is 5.84. The lowest BCUT2D eigenvalue weighted by Gasteiger charge is -2.19. The van der Waals surface area contributed by atoms with E-state index in [4.69, 9.17) is 5.11 Å². The predicted octanol–water partition coefficient (Wildman–Crippen LogP) is 2.65. The molecule has 0 atom stereocenters. The van der Waals surface area contributed by atoms with Crippen LogP contribution in [0, 0.1) is 5.41 Å².